The third-order valence-electron chi connectivity index (χ3n) is 5.72. The molecule has 37 heavy (non-hydrogen) atoms. The first kappa shape index (κ1) is 27.9. The summed E-state index contributed by atoms with van der Waals surface area (Å²) in [6.07, 6.45) is -0.833. The summed E-state index contributed by atoms with van der Waals surface area (Å²) in [6, 6.07) is 13.0. The van der Waals surface area contributed by atoms with E-state index in [0.29, 0.717) is 6.01 Å². The Morgan fingerprint density at radius 1 is 1.05 bits per heavy atom. The molecule has 2 aromatic carbocycles. The van der Waals surface area contributed by atoms with Gasteiger partial charge in [-0.15, -0.1) is 0 Å². The van der Waals surface area contributed by atoms with Crippen LogP contribution in [0.1, 0.15) is 16.7 Å². The first-order chi connectivity index (χ1) is 17.7. The van der Waals surface area contributed by atoms with Crippen molar-refractivity contribution in [3.8, 4) is 11.3 Å². The Morgan fingerprint density at radius 3 is 2.30 bits per heavy atom. The summed E-state index contributed by atoms with van der Waals surface area (Å²) in [6.45, 7) is 2.74. The SMILES string of the molecule is CNc1nc(-c2ccc(CNc3c(Cl)ccc4c3CCNCC4)cc2)co1.O=C(O)[C@H](O)[C@@H](O)C(=O)O. The third-order valence-corrected chi connectivity index (χ3v) is 6.04. The second-order valence-electron chi connectivity index (χ2n) is 8.21. The van der Waals surface area contributed by atoms with Crippen LogP contribution in [0, 0.1) is 0 Å². The van der Waals surface area contributed by atoms with Crippen LogP contribution in [-0.2, 0) is 29.0 Å². The number of hydrogen-bond donors (Lipinski definition) is 7. The number of rotatable bonds is 8. The smallest absolute Gasteiger partial charge is 0.335 e. The number of halogens is 1. The second kappa shape index (κ2) is 13.1. The molecule has 0 aliphatic carbocycles. The van der Waals surface area contributed by atoms with Crippen LogP contribution in [0.25, 0.3) is 11.3 Å². The monoisotopic (exact) mass is 532 g/mol. The molecule has 198 valence electrons. The van der Waals surface area contributed by atoms with Gasteiger partial charge in [-0.2, -0.15) is 4.98 Å². The Labute approximate surface area is 218 Å². The van der Waals surface area contributed by atoms with Gasteiger partial charge in [-0.3, -0.25) is 0 Å². The molecule has 0 fully saturated rings. The zero-order valence-corrected chi connectivity index (χ0v) is 20.8. The lowest BCUT2D eigenvalue weighted by molar-refractivity contribution is -0.165. The van der Waals surface area contributed by atoms with E-state index in [4.69, 9.17) is 36.4 Å². The summed E-state index contributed by atoms with van der Waals surface area (Å²) >= 11 is 6.49. The summed E-state index contributed by atoms with van der Waals surface area (Å²) in [5, 5.41) is 43.2. The first-order valence-corrected chi connectivity index (χ1v) is 11.9. The van der Waals surface area contributed by atoms with Crippen LogP contribution in [0.5, 0.6) is 0 Å². The van der Waals surface area contributed by atoms with Crippen molar-refractivity contribution >= 4 is 35.2 Å². The zero-order chi connectivity index (χ0) is 26.9. The van der Waals surface area contributed by atoms with Crippen molar-refractivity contribution in [2.45, 2.75) is 31.6 Å². The van der Waals surface area contributed by atoms with Crippen molar-refractivity contribution in [1.29, 1.82) is 0 Å². The van der Waals surface area contributed by atoms with Crippen LogP contribution in [0.2, 0.25) is 5.02 Å². The van der Waals surface area contributed by atoms with E-state index in [1.54, 1.807) is 13.3 Å². The van der Waals surface area contributed by atoms with Crippen molar-refractivity contribution in [2.24, 2.45) is 0 Å². The van der Waals surface area contributed by atoms with Gasteiger partial charge in [0.25, 0.3) is 6.01 Å². The Balaban J connectivity index is 0.000000325. The molecule has 7 N–H and O–H groups in total. The highest BCUT2D eigenvalue weighted by Gasteiger charge is 2.29. The van der Waals surface area contributed by atoms with Crippen LogP contribution >= 0.6 is 11.6 Å². The summed E-state index contributed by atoms with van der Waals surface area (Å²) in [4.78, 5) is 23.9. The van der Waals surface area contributed by atoms with E-state index in [-0.39, 0.29) is 0 Å². The fourth-order valence-corrected chi connectivity index (χ4v) is 3.95. The lowest BCUT2D eigenvalue weighted by atomic mass is 10.0. The van der Waals surface area contributed by atoms with E-state index in [2.05, 4.69) is 51.3 Å². The number of benzene rings is 2. The maximum absolute atomic E-state index is 9.77. The van der Waals surface area contributed by atoms with Crippen molar-refractivity contribution in [3.63, 3.8) is 0 Å². The third kappa shape index (κ3) is 7.43. The van der Waals surface area contributed by atoms with Gasteiger partial charge in [-0.05, 0) is 48.7 Å². The lowest BCUT2D eigenvalue weighted by Crippen LogP contribution is -2.39. The van der Waals surface area contributed by atoms with Crippen molar-refractivity contribution in [3.05, 3.63) is 64.4 Å². The minimum atomic E-state index is -2.27. The second-order valence-corrected chi connectivity index (χ2v) is 8.62. The summed E-state index contributed by atoms with van der Waals surface area (Å²) in [7, 11) is 1.79. The molecular formula is C25H29ClN4O7. The van der Waals surface area contributed by atoms with Crippen molar-refractivity contribution < 1.29 is 34.4 Å². The van der Waals surface area contributed by atoms with Gasteiger partial charge in [-0.1, -0.05) is 41.9 Å². The molecule has 2 heterocycles. The summed E-state index contributed by atoms with van der Waals surface area (Å²) in [5.41, 5.74) is 6.83. The molecule has 2 atom stereocenters. The van der Waals surface area contributed by atoms with Gasteiger partial charge in [0.15, 0.2) is 12.2 Å². The Bertz CT molecular complexity index is 1200. The minimum absolute atomic E-state index is 0.518. The van der Waals surface area contributed by atoms with Crippen LogP contribution in [0.15, 0.2) is 47.1 Å². The molecule has 0 amide bonds. The van der Waals surface area contributed by atoms with Crippen LogP contribution in [0.4, 0.5) is 11.7 Å². The van der Waals surface area contributed by atoms with Gasteiger partial charge in [0.2, 0.25) is 0 Å². The molecule has 0 saturated carbocycles. The van der Waals surface area contributed by atoms with Gasteiger partial charge >= 0.3 is 11.9 Å². The van der Waals surface area contributed by atoms with E-state index in [1.807, 2.05) is 6.07 Å². The quantitative estimate of drug-likeness (QED) is 0.226. The van der Waals surface area contributed by atoms with Crippen molar-refractivity contribution in [2.75, 3.05) is 30.8 Å². The molecule has 0 saturated heterocycles. The molecule has 1 aliphatic heterocycles. The number of hydrogen-bond acceptors (Lipinski definition) is 9. The number of aliphatic hydroxyl groups excluding tert-OH is 2. The fourth-order valence-electron chi connectivity index (χ4n) is 3.71. The molecule has 12 heteroatoms. The number of aromatic nitrogens is 1. The maximum atomic E-state index is 9.77. The molecular weight excluding hydrogens is 504 g/mol. The fraction of sp³-hybridized carbons (Fsp3) is 0.320. The van der Waals surface area contributed by atoms with Gasteiger partial charge in [-0.25, -0.2) is 9.59 Å². The van der Waals surface area contributed by atoms with Gasteiger partial charge < -0.3 is 40.8 Å². The average molecular weight is 533 g/mol. The van der Waals surface area contributed by atoms with E-state index < -0.39 is 24.1 Å². The van der Waals surface area contributed by atoms with Crippen LogP contribution in [-0.4, -0.2) is 69.7 Å². The minimum Gasteiger partial charge on any atom is -0.479 e. The number of anilines is 2. The molecule has 0 spiro atoms. The highest BCUT2D eigenvalue weighted by atomic mass is 35.5. The number of nitrogens with zero attached hydrogens (tertiary/aromatic N) is 1. The Morgan fingerprint density at radius 2 is 1.70 bits per heavy atom. The topological polar surface area (TPSA) is 177 Å². The Kier molecular flexibility index (Phi) is 9.86. The number of fused-ring (bicyclic) bond motifs is 1. The van der Waals surface area contributed by atoms with Gasteiger partial charge in [0.1, 0.15) is 12.0 Å². The average Bonchev–Trinajstić information content (AvgIpc) is 3.25. The number of carboxylic acids is 2. The molecule has 0 radical (unpaired) electrons. The molecule has 1 aliphatic rings. The number of carbonyl (C=O) groups is 2. The number of aliphatic hydroxyl groups is 2. The predicted molar refractivity (Wildman–Crippen MR) is 138 cm³/mol. The maximum Gasteiger partial charge on any atom is 0.335 e. The zero-order valence-electron chi connectivity index (χ0n) is 20.1. The number of nitrogens with one attached hydrogen (secondary N) is 3. The first-order valence-electron chi connectivity index (χ1n) is 11.5. The van der Waals surface area contributed by atoms with E-state index in [1.165, 1.54) is 16.7 Å². The van der Waals surface area contributed by atoms with E-state index >= 15 is 0 Å². The molecule has 4 rings (SSSR count). The number of aliphatic carboxylic acids is 2. The van der Waals surface area contributed by atoms with Gasteiger partial charge in [0.05, 0.1) is 10.7 Å². The van der Waals surface area contributed by atoms with Crippen molar-refractivity contribution in [1.82, 2.24) is 10.3 Å². The normalized spacial score (nSPS) is 14.3. The lowest BCUT2D eigenvalue weighted by Gasteiger charge is -2.16. The Hall–Kier alpha value is -3.64. The molecule has 0 unspecified atom stereocenters. The van der Waals surface area contributed by atoms with E-state index in [9.17, 15) is 9.59 Å². The predicted octanol–water partition coefficient (Wildman–Crippen LogP) is 2.21. The van der Waals surface area contributed by atoms with E-state index in [0.717, 1.165) is 54.4 Å². The molecule has 11 nitrogen and oxygen atoms in total. The van der Waals surface area contributed by atoms with Crippen LogP contribution in [0.3, 0.4) is 0 Å². The summed E-state index contributed by atoms with van der Waals surface area (Å²) < 4.78 is 5.33. The highest BCUT2D eigenvalue weighted by Crippen LogP contribution is 2.31. The van der Waals surface area contributed by atoms with Gasteiger partial charge in [0, 0.05) is 19.2 Å². The number of oxazole rings is 1. The molecule has 1 aromatic heterocycles. The molecule has 3 aromatic rings. The largest absolute Gasteiger partial charge is 0.479 e. The molecule has 0 bridgehead atoms. The standard InChI is InChI=1S/C21H23ClN4O.C4H6O6/c1-23-21-26-19(13-27-21)16-4-2-14(3-5-16)12-25-20-17-9-11-24-10-8-15(17)6-7-18(20)22;5-1(3(7)8)2(6)4(9)10/h2-7,13,24-25H,8-12H2,1H3,(H,23,26);1-2,5-6H,(H,7,8)(H,9,10)/t;1-,2-/m.1/s1. The highest BCUT2D eigenvalue weighted by molar-refractivity contribution is 6.33. The van der Waals surface area contributed by atoms with Crippen LogP contribution < -0.4 is 16.0 Å². The number of carboxylic acid groups (broad SMARTS) is 2. The summed E-state index contributed by atoms with van der Waals surface area (Å²) in [5.74, 6) is -3.54.